The number of aromatic nitrogens is 2. The summed E-state index contributed by atoms with van der Waals surface area (Å²) in [5.41, 5.74) is 0.331. The molecule has 1 aliphatic rings. The van der Waals surface area contributed by atoms with Crippen LogP contribution in [-0.4, -0.2) is 27.5 Å². The average Bonchev–Trinajstić information content (AvgIpc) is 3.50. The van der Waals surface area contributed by atoms with Crippen LogP contribution in [-0.2, 0) is 11.2 Å². The van der Waals surface area contributed by atoms with Crippen LogP contribution in [0.2, 0.25) is 0 Å². The van der Waals surface area contributed by atoms with Crippen molar-refractivity contribution >= 4 is 5.91 Å². The van der Waals surface area contributed by atoms with Gasteiger partial charge in [-0.15, -0.1) is 0 Å². The Morgan fingerprint density at radius 1 is 1.41 bits per heavy atom. The molecule has 0 aliphatic heterocycles. The molecular formula is C22H20FN3O3. The highest BCUT2D eigenvalue weighted by Crippen LogP contribution is 2.27. The molecule has 1 aromatic heterocycles. The van der Waals surface area contributed by atoms with Gasteiger partial charge in [-0.05, 0) is 54.7 Å². The summed E-state index contributed by atoms with van der Waals surface area (Å²) in [6.07, 6.45) is 3.65. The molecule has 1 aromatic carbocycles. The Labute approximate surface area is 167 Å². The fourth-order valence-electron chi connectivity index (χ4n) is 2.77. The Balaban J connectivity index is 1.80. The number of H-pyrrole nitrogens is 1. The summed E-state index contributed by atoms with van der Waals surface area (Å²) in [7, 11) is 0. The van der Waals surface area contributed by atoms with Gasteiger partial charge >= 0.3 is 0 Å². The van der Waals surface area contributed by atoms with Crippen LogP contribution < -0.4 is 10.9 Å². The van der Waals surface area contributed by atoms with Crippen molar-refractivity contribution in [1.29, 1.82) is 0 Å². The molecule has 1 atom stereocenters. The van der Waals surface area contributed by atoms with Crippen molar-refractivity contribution in [2.75, 3.05) is 6.54 Å². The summed E-state index contributed by atoms with van der Waals surface area (Å²) in [4.78, 5) is 29.3. The second kappa shape index (κ2) is 9.07. The molecule has 1 amide bonds. The molecule has 0 radical (unpaired) electrons. The topological polar surface area (TPSA) is 95.1 Å². The number of carbonyl (C=O) groups is 1. The van der Waals surface area contributed by atoms with Crippen LogP contribution in [0.1, 0.15) is 42.5 Å². The first-order valence-electron chi connectivity index (χ1n) is 9.25. The number of rotatable bonds is 5. The van der Waals surface area contributed by atoms with Crippen LogP contribution in [0.15, 0.2) is 29.3 Å². The Morgan fingerprint density at radius 3 is 2.90 bits per heavy atom. The van der Waals surface area contributed by atoms with E-state index in [2.05, 4.69) is 39.0 Å². The summed E-state index contributed by atoms with van der Waals surface area (Å²) in [6, 6.07) is 4.63. The van der Waals surface area contributed by atoms with Crippen molar-refractivity contribution in [3.8, 4) is 29.4 Å². The molecule has 0 saturated heterocycles. The van der Waals surface area contributed by atoms with Crippen molar-refractivity contribution in [3.05, 3.63) is 57.5 Å². The number of amides is 1. The fraction of sp³-hybridized carbons (Fsp3) is 0.318. The Morgan fingerprint density at radius 2 is 2.21 bits per heavy atom. The van der Waals surface area contributed by atoms with E-state index in [0.717, 1.165) is 12.8 Å². The van der Waals surface area contributed by atoms with E-state index in [4.69, 9.17) is 0 Å². The number of aromatic amines is 1. The predicted molar refractivity (Wildman–Crippen MR) is 105 cm³/mol. The van der Waals surface area contributed by atoms with Gasteiger partial charge in [-0.3, -0.25) is 9.59 Å². The lowest BCUT2D eigenvalue weighted by Gasteiger charge is -2.17. The molecule has 2 aromatic rings. The first kappa shape index (κ1) is 20.2. The lowest BCUT2D eigenvalue weighted by Crippen LogP contribution is -2.28. The van der Waals surface area contributed by atoms with Crippen molar-refractivity contribution in [1.82, 2.24) is 15.3 Å². The molecule has 1 saturated carbocycles. The highest BCUT2D eigenvalue weighted by Gasteiger charge is 2.21. The number of nitrogens with one attached hydrogen (secondary N) is 2. The molecule has 3 rings (SSSR count). The molecule has 3 N–H and O–H groups in total. The zero-order valence-corrected chi connectivity index (χ0v) is 15.9. The first-order valence-corrected chi connectivity index (χ1v) is 9.25. The molecule has 0 spiro atoms. The quantitative estimate of drug-likeness (QED) is 0.676. The minimum atomic E-state index is -0.674. The summed E-state index contributed by atoms with van der Waals surface area (Å²) in [5.74, 6) is 9.79. The maximum atomic E-state index is 14.4. The van der Waals surface area contributed by atoms with Gasteiger partial charge in [0, 0.05) is 25.3 Å². The lowest BCUT2D eigenvalue weighted by molar-refractivity contribution is -0.119. The first-order chi connectivity index (χ1) is 13.9. The highest BCUT2D eigenvalue weighted by atomic mass is 19.1. The minimum Gasteiger partial charge on any atom is -0.502 e. The molecule has 1 heterocycles. The van der Waals surface area contributed by atoms with Gasteiger partial charge in [0.1, 0.15) is 5.82 Å². The van der Waals surface area contributed by atoms with Crippen LogP contribution in [0.3, 0.4) is 0 Å². The van der Waals surface area contributed by atoms with Gasteiger partial charge in [0.25, 0.3) is 5.56 Å². The van der Waals surface area contributed by atoms with Gasteiger partial charge in [-0.2, -0.15) is 0 Å². The molecular weight excluding hydrogens is 373 g/mol. The average molecular weight is 393 g/mol. The number of hydrogen-bond acceptors (Lipinski definition) is 4. The second-order valence-corrected chi connectivity index (χ2v) is 6.91. The van der Waals surface area contributed by atoms with E-state index in [1.54, 1.807) is 12.1 Å². The van der Waals surface area contributed by atoms with E-state index in [1.165, 1.54) is 19.3 Å². The SMILES string of the molecule is CC(=O)NCC(Cc1ccc(C#CC#CC2CC2)c(F)c1)c1nc[nH]c(=O)c1O. The van der Waals surface area contributed by atoms with Gasteiger partial charge in [-0.25, -0.2) is 9.37 Å². The number of hydrogen-bond donors (Lipinski definition) is 3. The third-order valence-electron chi connectivity index (χ3n) is 4.47. The zero-order valence-electron chi connectivity index (χ0n) is 15.9. The normalized spacial score (nSPS) is 13.4. The van der Waals surface area contributed by atoms with Crippen LogP contribution in [0.4, 0.5) is 4.39 Å². The van der Waals surface area contributed by atoms with Gasteiger partial charge < -0.3 is 15.4 Å². The smallest absolute Gasteiger partial charge is 0.293 e. The summed E-state index contributed by atoms with van der Waals surface area (Å²) in [6.45, 7) is 1.50. The third-order valence-corrected chi connectivity index (χ3v) is 4.47. The lowest BCUT2D eigenvalue weighted by atomic mass is 9.94. The van der Waals surface area contributed by atoms with Crippen LogP contribution in [0.25, 0.3) is 0 Å². The van der Waals surface area contributed by atoms with Gasteiger partial charge in [0.15, 0.2) is 0 Å². The van der Waals surface area contributed by atoms with E-state index in [-0.39, 0.29) is 30.1 Å². The third kappa shape index (κ3) is 5.70. The van der Waals surface area contributed by atoms with E-state index in [0.29, 0.717) is 11.5 Å². The van der Waals surface area contributed by atoms with Crippen molar-refractivity contribution in [3.63, 3.8) is 0 Å². The summed E-state index contributed by atoms with van der Waals surface area (Å²) in [5, 5.41) is 12.7. The molecule has 148 valence electrons. The number of halogens is 1. The molecule has 1 fully saturated rings. The number of benzene rings is 1. The van der Waals surface area contributed by atoms with Crippen LogP contribution >= 0.6 is 0 Å². The summed E-state index contributed by atoms with van der Waals surface area (Å²) >= 11 is 0. The summed E-state index contributed by atoms with van der Waals surface area (Å²) < 4.78 is 14.4. The van der Waals surface area contributed by atoms with Crippen LogP contribution in [0.5, 0.6) is 5.75 Å². The molecule has 6 nitrogen and oxygen atoms in total. The standard InChI is InChI=1S/C22H20FN3O3/c1-14(27)24-12-18(20-21(28)22(29)26-13-25-20)10-16-8-9-17(19(23)11-16)5-3-2-4-15-6-7-15/h8-9,11,13,15,18,28H,6-7,10,12H2,1H3,(H,24,27)(H,25,26,29). The predicted octanol–water partition coefficient (Wildman–Crippen LogP) is 1.84. The van der Waals surface area contributed by atoms with E-state index < -0.39 is 23.0 Å². The zero-order chi connectivity index (χ0) is 20.8. The fourth-order valence-corrected chi connectivity index (χ4v) is 2.77. The largest absolute Gasteiger partial charge is 0.502 e. The Kier molecular flexibility index (Phi) is 6.31. The van der Waals surface area contributed by atoms with E-state index >= 15 is 0 Å². The van der Waals surface area contributed by atoms with Crippen molar-refractivity contribution < 1.29 is 14.3 Å². The van der Waals surface area contributed by atoms with Crippen molar-refractivity contribution in [2.45, 2.75) is 32.1 Å². The number of nitrogens with zero attached hydrogens (tertiary/aromatic N) is 1. The second-order valence-electron chi connectivity index (χ2n) is 6.91. The molecule has 29 heavy (non-hydrogen) atoms. The van der Waals surface area contributed by atoms with Gasteiger partial charge in [0.05, 0.1) is 17.6 Å². The molecule has 1 aliphatic carbocycles. The van der Waals surface area contributed by atoms with E-state index in [1.807, 2.05) is 0 Å². The maximum absolute atomic E-state index is 14.4. The molecule has 7 heteroatoms. The maximum Gasteiger partial charge on any atom is 0.293 e. The van der Waals surface area contributed by atoms with Gasteiger partial charge in [-0.1, -0.05) is 12.0 Å². The highest BCUT2D eigenvalue weighted by molar-refractivity contribution is 5.72. The molecule has 0 bridgehead atoms. The van der Waals surface area contributed by atoms with Crippen LogP contribution in [0, 0.1) is 35.4 Å². The Hall–Kier alpha value is -3.58. The number of aromatic hydroxyl groups is 1. The monoisotopic (exact) mass is 393 g/mol. The minimum absolute atomic E-state index is 0.138. The molecule has 1 unspecified atom stereocenters. The van der Waals surface area contributed by atoms with E-state index in [9.17, 15) is 19.1 Å². The Bertz CT molecular complexity index is 1100. The van der Waals surface area contributed by atoms with Gasteiger partial charge in [0.2, 0.25) is 11.7 Å². The number of carbonyl (C=O) groups excluding carboxylic acids is 1. The van der Waals surface area contributed by atoms with Crippen molar-refractivity contribution in [2.24, 2.45) is 5.92 Å².